The molecule has 0 radical (unpaired) electrons. The van der Waals surface area contributed by atoms with Gasteiger partial charge >= 0.3 is 6.18 Å². The van der Waals surface area contributed by atoms with Crippen LogP contribution in [0.3, 0.4) is 0 Å². The minimum atomic E-state index is -4.58. The lowest BCUT2D eigenvalue weighted by Crippen LogP contribution is -2.05. The molecule has 5 heteroatoms. The number of alkyl halides is 3. The van der Waals surface area contributed by atoms with Crippen molar-refractivity contribution in [3.63, 3.8) is 0 Å². The highest BCUT2D eigenvalue weighted by Crippen LogP contribution is 2.34. The first-order chi connectivity index (χ1) is 8.91. The second-order valence-corrected chi connectivity index (χ2v) is 3.89. The molecule has 96 valence electrons. The van der Waals surface area contributed by atoms with E-state index in [0.29, 0.717) is 0 Å². The Hall–Kier alpha value is -2.35. The molecule has 2 aromatic carbocycles. The summed E-state index contributed by atoms with van der Waals surface area (Å²) in [6.45, 7) is 0. The molecule has 1 nitrogen and oxygen atoms in total. The van der Waals surface area contributed by atoms with Gasteiger partial charge in [-0.1, -0.05) is 18.2 Å². The Labute approximate surface area is 106 Å². The molecule has 0 aliphatic heterocycles. The Balaban J connectivity index is 2.66. The highest BCUT2D eigenvalue weighted by atomic mass is 19.4. The molecule has 0 saturated carbocycles. The van der Waals surface area contributed by atoms with E-state index in [0.717, 1.165) is 18.2 Å². The van der Waals surface area contributed by atoms with Crippen LogP contribution < -0.4 is 0 Å². The summed E-state index contributed by atoms with van der Waals surface area (Å²) < 4.78 is 51.7. The first-order valence-corrected chi connectivity index (χ1v) is 5.29. The number of nitrogens with zero attached hydrogens (tertiary/aromatic N) is 1. The van der Waals surface area contributed by atoms with E-state index >= 15 is 0 Å². The van der Waals surface area contributed by atoms with Crippen molar-refractivity contribution in [2.45, 2.75) is 6.18 Å². The second-order valence-electron chi connectivity index (χ2n) is 3.89. The first kappa shape index (κ1) is 13.1. The molecule has 0 N–H and O–H groups in total. The fraction of sp³-hybridized carbons (Fsp3) is 0.0714. The molecule has 2 rings (SSSR count). The molecular formula is C14H7F4N. The molecule has 0 saturated heterocycles. The van der Waals surface area contributed by atoms with Crippen LogP contribution in [0, 0.1) is 17.1 Å². The van der Waals surface area contributed by atoms with Crippen LogP contribution in [0.5, 0.6) is 0 Å². The maximum atomic E-state index is 13.6. The van der Waals surface area contributed by atoms with Gasteiger partial charge in [-0.2, -0.15) is 18.4 Å². The minimum Gasteiger partial charge on any atom is -0.206 e. The molecule has 0 aromatic heterocycles. The zero-order valence-corrected chi connectivity index (χ0v) is 9.50. The minimum absolute atomic E-state index is 0.0319. The monoisotopic (exact) mass is 265 g/mol. The molecule has 2 aromatic rings. The summed E-state index contributed by atoms with van der Waals surface area (Å²) in [5.74, 6) is -0.634. The van der Waals surface area contributed by atoms with E-state index in [1.54, 1.807) is 6.07 Å². The number of hydrogen-bond donors (Lipinski definition) is 0. The average molecular weight is 265 g/mol. The van der Waals surface area contributed by atoms with Gasteiger partial charge in [-0.3, -0.25) is 0 Å². The largest absolute Gasteiger partial charge is 0.416 e. The predicted octanol–water partition coefficient (Wildman–Crippen LogP) is 4.38. The van der Waals surface area contributed by atoms with Gasteiger partial charge < -0.3 is 0 Å². The van der Waals surface area contributed by atoms with Gasteiger partial charge in [0.15, 0.2) is 0 Å². The van der Waals surface area contributed by atoms with Crippen molar-refractivity contribution < 1.29 is 17.6 Å². The number of halogens is 4. The van der Waals surface area contributed by atoms with Crippen LogP contribution in [0.2, 0.25) is 0 Å². The lowest BCUT2D eigenvalue weighted by atomic mass is 9.99. The topological polar surface area (TPSA) is 23.8 Å². The zero-order valence-electron chi connectivity index (χ0n) is 9.50. The first-order valence-electron chi connectivity index (χ1n) is 5.29. The van der Waals surface area contributed by atoms with Crippen LogP contribution in [0.25, 0.3) is 11.1 Å². The SMILES string of the molecule is N#Cc1cc(-c2ccccc2F)cc(C(F)(F)F)c1. The van der Waals surface area contributed by atoms with E-state index < -0.39 is 17.6 Å². The van der Waals surface area contributed by atoms with Crippen LogP contribution in [0.15, 0.2) is 42.5 Å². The van der Waals surface area contributed by atoms with Crippen molar-refractivity contribution in [2.75, 3.05) is 0 Å². The van der Waals surface area contributed by atoms with Crippen molar-refractivity contribution in [3.8, 4) is 17.2 Å². The molecule has 0 unspecified atom stereocenters. The molecule has 0 amide bonds. The summed E-state index contributed by atoms with van der Waals surface area (Å²) in [7, 11) is 0. The molecule has 0 aliphatic carbocycles. The van der Waals surface area contributed by atoms with Gasteiger partial charge in [-0.25, -0.2) is 4.39 Å². The molecule has 0 fully saturated rings. The zero-order chi connectivity index (χ0) is 14.0. The van der Waals surface area contributed by atoms with Gasteiger partial charge in [0.25, 0.3) is 0 Å². The number of hydrogen-bond acceptors (Lipinski definition) is 1. The van der Waals surface area contributed by atoms with Crippen molar-refractivity contribution in [1.82, 2.24) is 0 Å². The van der Waals surface area contributed by atoms with E-state index in [2.05, 4.69) is 0 Å². The smallest absolute Gasteiger partial charge is 0.206 e. The molecule has 0 spiro atoms. The highest BCUT2D eigenvalue weighted by Gasteiger charge is 2.31. The van der Waals surface area contributed by atoms with Crippen molar-refractivity contribution in [3.05, 3.63) is 59.4 Å². The Morgan fingerprint density at radius 1 is 1.00 bits per heavy atom. The quantitative estimate of drug-likeness (QED) is 0.702. The highest BCUT2D eigenvalue weighted by molar-refractivity contribution is 5.67. The van der Waals surface area contributed by atoms with Crippen molar-refractivity contribution in [1.29, 1.82) is 5.26 Å². The van der Waals surface area contributed by atoms with E-state index in [1.807, 2.05) is 0 Å². The van der Waals surface area contributed by atoms with Gasteiger partial charge in [0.2, 0.25) is 0 Å². The standard InChI is InChI=1S/C14H7F4N/c15-13-4-2-1-3-12(13)10-5-9(8-19)6-11(7-10)14(16,17)18/h1-7H. The van der Waals surface area contributed by atoms with Gasteiger partial charge in [0, 0.05) is 5.56 Å². The van der Waals surface area contributed by atoms with Crippen LogP contribution >= 0.6 is 0 Å². The summed E-state index contributed by atoms with van der Waals surface area (Å²) in [5, 5.41) is 8.76. The molecule has 0 heterocycles. The number of rotatable bonds is 1. The molecule has 0 atom stereocenters. The van der Waals surface area contributed by atoms with Crippen molar-refractivity contribution in [2.24, 2.45) is 0 Å². The summed E-state index contributed by atoms with van der Waals surface area (Å²) in [4.78, 5) is 0. The third kappa shape index (κ3) is 2.74. The number of benzene rings is 2. The maximum absolute atomic E-state index is 13.6. The normalized spacial score (nSPS) is 11.1. The Bertz CT molecular complexity index is 653. The summed E-state index contributed by atoms with van der Waals surface area (Å²) in [6, 6.07) is 9.93. The second kappa shape index (κ2) is 4.73. The van der Waals surface area contributed by atoms with Gasteiger partial charge in [0.05, 0.1) is 17.2 Å². The van der Waals surface area contributed by atoms with Crippen molar-refractivity contribution >= 4 is 0 Å². The third-order valence-corrected chi connectivity index (χ3v) is 2.57. The fourth-order valence-electron chi connectivity index (χ4n) is 1.71. The molecule has 0 bridgehead atoms. The van der Waals surface area contributed by atoms with E-state index in [4.69, 9.17) is 5.26 Å². The van der Waals surface area contributed by atoms with Gasteiger partial charge in [0.1, 0.15) is 5.82 Å². The third-order valence-electron chi connectivity index (χ3n) is 2.57. The van der Waals surface area contributed by atoms with Crippen LogP contribution in [-0.4, -0.2) is 0 Å². The van der Waals surface area contributed by atoms with Gasteiger partial charge in [-0.05, 0) is 29.8 Å². The summed E-state index contributed by atoms with van der Waals surface area (Å²) >= 11 is 0. The van der Waals surface area contributed by atoms with E-state index in [-0.39, 0.29) is 16.7 Å². The molecular weight excluding hydrogens is 258 g/mol. The van der Waals surface area contributed by atoms with Crippen LogP contribution in [0.4, 0.5) is 17.6 Å². The van der Waals surface area contributed by atoms with Gasteiger partial charge in [-0.15, -0.1) is 0 Å². The van der Waals surface area contributed by atoms with E-state index in [1.165, 1.54) is 24.3 Å². The lowest BCUT2D eigenvalue weighted by Gasteiger charge is -2.10. The Kier molecular flexibility index (Phi) is 3.26. The Morgan fingerprint density at radius 2 is 1.68 bits per heavy atom. The number of nitriles is 1. The van der Waals surface area contributed by atoms with Crippen LogP contribution in [-0.2, 0) is 6.18 Å². The average Bonchev–Trinajstić information content (AvgIpc) is 2.37. The summed E-state index contributed by atoms with van der Waals surface area (Å²) in [5.41, 5.74) is -1.06. The molecule has 0 aliphatic rings. The van der Waals surface area contributed by atoms with E-state index in [9.17, 15) is 17.6 Å². The summed E-state index contributed by atoms with van der Waals surface area (Å²) in [6.07, 6.45) is -4.58. The Morgan fingerprint density at radius 3 is 2.26 bits per heavy atom. The lowest BCUT2D eigenvalue weighted by molar-refractivity contribution is -0.137. The fourth-order valence-corrected chi connectivity index (χ4v) is 1.71. The van der Waals surface area contributed by atoms with Crippen LogP contribution in [0.1, 0.15) is 11.1 Å². The maximum Gasteiger partial charge on any atom is 0.416 e. The predicted molar refractivity (Wildman–Crippen MR) is 61.6 cm³/mol. The molecule has 19 heavy (non-hydrogen) atoms.